The summed E-state index contributed by atoms with van der Waals surface area (Å²) < 4.78 is 0. The Morgan fingerprint density at radius 1 is 0.955 bits per heavy atom. The molecule has 0 amide bonds. The third-order valence-electron chi connectivity index (χ3n) is 3.47. The van der Waals surface area contributed by atoms with Crippen LogP contribution in [0, 0.1) is 0 Å². The van der Waals surface area contributed by atoms with Crippen molar-refractivity contribution in [3.05, 3.63) is 64.4 Å². The number of rotatable bonds is 4. The minimum atomic E-state index is 0.786. The lowest BCUT2D eigenvalue weighted by molar-refractivity contribution is 1.13. The maximum Gasteiger partial charge on any atom is 0.139 e. The molecule has 0 bridgehead atoms. The SMILES string of the molecule is c1ccc(-c2csc3ncnc(NCc4cccs4)c23)cc1. The highest BCUT2D eigenvalue weighted by molar-refractivity contribution is 7.17. The van der Waals surface area contributed by atoms with Crippen LogP contribution in [0.5, 0.6) is 0 Å². The predicted octanol–water partition coefficient (Wildman–Crippen LogP) is 5.03. The Balaban J connectivity index is 1.76. The van der Waals surface area contributed by atoms with Crippen molar-refractivity contribution in [1.29, 1.82) is 0 Å². The number of fused-ring (bicyclic) bond motifs is 1. The van der Waals surface area contributed by atoms with Crippen LogP contribution in [0.3, 0.4) is 0 Å². The zero-order valence-corrected chi connectivity index (χ0v) is 13.3. The molecule has 0 aliphatic heterocycles. The van der Waals surface area contributed by atoms with Crippen LogP contribution >= 0.6 is 22.7 Å². The highest BCUT2D eigenvalue weighted by atomic mass is 32.1. The summed E-state index contributed by atoms with van der Waals surface area (Å²) >= 11 is 3.40. The van der Waals surface area contributed by atoms with E-state index in [2.05, 4.69) is 62.4 Å². The zero-order valence-electron chi connectivity index (χ0n) is 11.7. The largest absolute Gasteiger partial charge is 0.365 e. The lowest BCUT2D eigenvalue weighted by atomic mass is 10.1. The van der Waals surface area contributed by atoms with Crippen LogP contribution in [-0.2, 0) is 6.54 Å². The van der Waals surface area contributed by atoms with Crippen molar-refractivity contribution in [3.63, 3.8) is 0 Å². The Bertz CT molecular complexity index is 883. The molecule has 4 rings (SSSR count). The zero-order chi connectivity index (χ0) is 14.8. The summed E-state index contributed by atoms with van der Waals surface area (Å²) in [6.45, 7) is 0.786. The lowest BCUT2D eigenvalue weighted by Gasteiger charge is -2.07. The van der Waals surface area contributed by atoms with Gasteiger partial charge in [0, 0.05) is 15.8 Å². The predicted molar refractivity (Wildman–Crippen MR) is 94.5 cm³/mol. The molecule has 0 aliphatic rings. The Hall–Kier alpha value is -2.24. The fourth-order valence-corrected chi connectivity index (χ4v) is 3.98. The van der Waals surface area contributed by atoms with Gasteiger partial charge in [-0.2, -0.15) is 0 Å². The summed E-state index contributed by atoms with van der Waals surface area (Å²) in [5, 5.41) is 8.81. The summed E-state index contributed by atoms with van der Waals surface area (Å²) in [7, 11) is 0. The van der Waals surface area contributed by atoms with Gasteiger partial charge in [-0.05, 0) is 17.0 Å². The van der Waals surface area contributed by atoms with E-state index in [-0.39, 0.29) is 0 Å². The van der Waals surface area contributed by atoms with Crippen molar-refractivity contribution in [3.8, 4) is 11.1 Å². The van der Waals surface area contributed by atoms with E-state index in [1.807, 2.05) is 6.07 Å². The third-order valence-corrected chi connectivity index (χ3v) is 5.23. The molecule has 0 saturated heterocycles. The molecule has 22 heavy (non-hydrogen) atoms. The van der Waals surface area contributed by atoms with Gasteiger partial charge < -0.3 is 5.32 Å². The topological polar surface area (TPSA) is 37.8 Å². The van der Waals surface area contributed by atoms with E-state index in [0.29, 0.717) is 0 Å². The van der Waals surface area contributed by atoms with E-state index >= 15 is 0 Å². The van der Waals surface area contributed by atoms with E-state index in [4.69, 9.17) is 0 Å². The van der Waals surface area contributed by atoms with Crippen molar-refractivity contribution in [2.75, 3.05) is 5.32 Å². The molecule has 0 spiro atoms. The molecule has 1 aromatic carbocycles. The Morgan fingerprint density at radius 3 is 2.68 bits per heavy atom. The van der Waals surface area contributed by atoms with Gasteiger partial charge in [-0.1, -0.05) is 36.4 Å². The molecule has 0 fully saturated rings. The molecule has 4 aromatic rings. The van der Waals surface area contributed by atoms with Crippen molar-refractivity contribution in [2.45, 2.75) is 6.54 Å². The number of hydrogen-bond acceptors (Lipinski definition) is 5. The molecule has 108 valence electrons. The van der Waals surface area contributed by atoms with Crippen molar-refractivity contribution >= 4 is 38.7 Å². The molecule has 0 atom stereocenters. The van der Waals surface area contributed by atoms with Crippen LogP contribution < -0.4 is 5.32 Å². The van der Waals surface area contributed by atoms with Gasteiger partial charge in [-0.3, -0.25) is 0 Å². The van der Waals surface area contributed by atoms with Crippen LogP contribution in [-0.4, -0.2) is 9.97 Å². The maximum absolute atomic E-state index is 4.45. The highest BCUT2D eigenvalue weighted by Gasteiger charge is 2.12. The van der Waals surface area contributed by atoms with E-state index in [9.17, 15) is 0 Å². The molecule has 1 N–H and O–H groups in total. The van der Waals surface area contributed by atoms with E-state index < -0.39 is 0 Å². The molecule has 0 radical (unpaired) electrons. The fraction of sp³-hybridized carbons (Fsp3) is 0.0588. The number of benzene rings is 1. The van der Waals surface area contributed by atoms with E-state index in [0.717, 1.165) is 22.6 Å². The number of nitrogens with zero attached hydrogens (tertiary/aromatic N) is 2. The van der Waals surface area contributed by atoms with Crippen LogP contribution in [0.1, 0.15) is 4.88 Å². The minimum absolute atomic E-state index is 0.786. The average Bonchev–Trinajstić information content (AvgIpc) is 3.23. The van der Waals surface area contributed by atoms with E-state index in [1.54, 1.807) is 29.0 Å². The Labute approximate surface area is 136 Å². The fourth-order valence-electron chi connectivity index (χ4n) is 2.42. The molecule has 3 aromatic heterocycles. The number of hydrogen-bond donors (Lipinski definition) is 1. The Morgan fingerprint density at radius 2 is 1.86 bits per heavy atom. The number of thiophene rings is 2. The first-order valence-corrected chi connectivity index (χ1v) is 8.71. The summed E-state index contributed by atoms with van der Waals surface area (Å²) in [4.78, 5) is 11.2. The second-order valence-corrected chi connectivity index (χ2v) is 6.74. The molecule has 0 unspecified atom stereocenters. The van der Waals surface area contributed by atoms with Crippen LogP contribution in [0.4, 0.5) is 5.82 Å². The molecule has 5 heteroatoms. The van der Waals surface area contributed by atoms with Crippen LogP contribution in [0.15, 0.2) is 59.6 Å². The second kappa shape index (κ2) is 5.87. The normalized spacial score (nSPS) is 10.9. The molecular weight excluding hydrogens is 310 g/mol. The third kappa shape index (κ3) is 2.49. The molecule has 0 saturated carbocycles. The second-order valence-electron chi connectivity index (χ2n) is 4.85. The standard InChI is InChI=1S/C17H13N3S2/c1-2-5-12(6-3-1)14-10-22-17-15(14)16(19-11-20-17)18-9-13-7-4-8-21-13/h1-8,10-11H,9H2,(H,18,19,20). The van der Waals surface area contributed by atoms with Crippen LogP contribution in [0.2, 0.25) is 0 Å². The average molecular weight is 323 g/mol. The number of nitrogens with one attached hydrogen (secondary N) is 1. The van der Waals surface area contributed by atoms with Gasteiger partial charge in [0.2, 0.25) is 0 Å². The lowest BCUT2D eigenvalue weighted by Crippen LogP contribution is -2.00. The van der Waals surface area contributed by atoms with Gasteiger partial charge in [0.15, 0.2) is 0 Å². The molecule has 3 heterocycles. The first-order valence-electron chi connectivity index (χ1n) is 6.96. The molecule has 3 nitrogen and oxygen atoms in total. The number of aromatic nitrogens is 2. The minimum Gasteiger partial charge on any atom is -0.365 e. The monoisotopic (exact) mass is 323 g/mol. The number of anilines is 1. The van der Waals surface area contributed by atoms with E-state index in [1.165, 1.54) is 16.0 Å². The van der Waals surface area contributed by atoms with Gasteiger partial charge in [-0.15, -0.1) is 22.7 Å². The summed E-state index contributed by atoms with van der Waals surface area (Å²) in [6.07, 6.45) is 1.63. The molecule has 0 aliphatic carbocycles. The first kappa shape index (κ1) is 13.4. The van der Waals surface area contributed by atoms with Gasteiger partial charge in [-0.25, -0.2) is 9.97 Å². The van der Waals surface area contributed by atoms with Crippen molar-refractivity contribution < 1.29 is 0 Å². The van der Waals surface area contributed by atoms with Crippen molar-refractivity contribution in [2.24, 2.45) is 0 Å². The highest BCUT2D eigenvalue weighted by Crippen LogP contribution is 2.36. The van der Waals surface area contributed by atoms with Gasteiger partial charge in [0.1, 0.15) is 17.0 Å². The Kier molecular flexibility index (Phi) is 3.58. The smallest absolute Gasteiger partial charge is 0.139 e. The van der Waals surface area contributed by atoms with Gasteiger partial charge in [0.05, 0.1) is 11.9 Å². The quantitative estimate of drug-likeness (QED) is 0.572. The molecular formula is C17H13N3S2. The van der Waals surface area contributed by atoms with Crippen molar-refractivity contribution in [1.82, 2.24) is 9.97 Å². The summed E-state index contributed by atoms with van der Waals surface area (Å²) in [6, 6.07) is 14.6. The van der Waals surface area contributed by atoms with Gasteiger partial charge >= 0.3 is 0 Å². The first-order chi connectivity index (χ1) is 10.9. The summed E-state index contributed by atoms with van der Waals surface area (Å²) in [5.41, 5.74) is 2.39. The van der Waals surface area contributed by atoms with Crippen LogP contribution in [0.25, 0.3) is 21.3 Å². The van der Waals surface area contributed by atoms with Gasteiger partial charge in [0.25, 0.3) is 0 Å². The summed E-state index contributed by atoms with van der Waals surface area (Å²) in [5.74, 6) is 0.901. The maximum atomic E-state index is 4.45.